The van der Waals surface area contributed by atoms with Gasteiger partial charge in [-0.3, -0.25) is 4.79 Å². The molecular formula is C32H39NO5S. The molecule has 0 saturated heterocycles. The van der Waals surface area contributed by atoms with Crippen molar-refractivity contribution in [3.05, 3.63) is 113 Å². The van der Waals surface area contributed by atoms with E-state index in [2.05, 4.69) is 6.58 Å². The second-order valence-corrected chi connectivity index (χ2v) is 12.2. The molecule has 1 N–H and O–H groups in total. The van der Waals surface area contributed by atoms with E-state index in [1.807, 2.05) is 79.7 Å². The largest absolute Gasteiger partial charge is 0.455 e. The number of hydrogen-bond donors (Lipinski definition) is 1. The maximum absolute atomic E-state index is 14.4. The van der Waals surface area contributed by atoms with Crippen molar-refractivity contribution in [1.29, 1.82) is 0 Å². The number of nitrogens with zero attached hydrogens (tertiary/aromatic N) is 1. The van der Waals surface area contributed by atoms with Gasteiger partial charge < -0.3 is 9.84 Å². The van der Waals surface area contributed by atoms with Gasteiger partial charge in [0.1, 0.15) is 6.10 Å². The van der Waals surface area contributed by atoms with Crippen LogP contribution in [0.1, 0.15) is 54.7 Å². The lowest BCUT2D eigenvalue weighted by atomic mass is 9.98. The number of carbonyl (C=O) groups is 1. The molecule has 0 unspecified atom stereocenters. The third-order valence-electron chi connectivity index (χ3n) is 6.97. The number of aliphatic hydroxyl groups excluding tert-OH is 1. The smallest absolute Gasteiger partial charge is 0.312 e. The molecular weight excluding hydrogens is 510 g/mol. The number of esters is 1. The average molecular weight is 550 g/mol. The molecule has 0 aliphatic heterocycles. The maximum Gasteiger partial charge on any atom is 0.312 e. The van der Waals surface area contributed by atoms with Crippen molar-refractivity contribution in [2.75, 3.05) is 0 Å². The van der Waals surface area contributed by atoms with Crippen LogP contribution in [0.15, 0.2) is 89.8 Å². The van der Waals surface area contributed by atoms with Gasteiger partial charge in [0.15, 0.2) is 0 Å². The number of rotatable bonds is 11. The lowest BCUT2D eigenvalue weighted by Crippen LogP contribution is -2.44. The maximum atomic E-state index is 14.4. The highest BCUT2D eigenvalue weighted by Gasteiger charge is 2.39. The molecule has 3 rings (SSSR count). The molecule has 0 radical (unpaired) electrons. The average Bonchev–Trinajstić information content (AvgIpc) is 2.89. The van der Waals surface area contributed by atoms with E-state index in [-0.39, 0.29) is 11.4 Å². The molecule has 0 amide bonds. The Hall–Kier alpha value is -3.26. The Morgan fingerprint density at radius 2 is 1.46 bits per heavy atom. The van der Waals surface area contributed by atoms with Gasteiger partial charge in [0.25, 0.3) is 0 Å². The van der Waals surface area contributed by atoms with E-state index in [4.69, 9.17) is 4.74 Å². The van der Waals surface area contributed by atoms with Crippen LogP contribution >= 0.6 is 0 Å². The minimum atomic E-state index is -4.04. The van der Waals surface area contributed by atoms with Gasteiger partial charge in [-0.1, -0.05) is 90.5 Å². The monoisotopic (exact) mass is 549 g/mol. The fourth-order valence-electron chi connectivity index (χ4n) is 4.93. The Balaban J connectivity index is 2.14. The fourth-order valence-corrected chi connectivity index (χ4v) is 6.96. The Morgan fingerprint density at radius 3 is 1.97 bits per heavy atom. The molecule has 6 nitrogen and oxygen atoms in total. The number of hydrogen-bond acceptors (Lipinski definition) is 5. The first kappa shape index (κ1) is 30.3. The normalized spacial score (nSPS) is 14.9. The molecule has 4 atom stereocenters. The van der Waals surface area contributed by atoms with E-state index in [0.29, 0.717) is 22.3 Å². The van der Waals surface area contributed by atoms with Crippen LogP contribution in [0, 0.1) is 26.7 Å². The summed E-state index contributed by atoms with van der Waals surface area (Å²) in [6.45, 7) is 14.3. The number of carbonyl (C=O) groups excluding carboxylic acids is 1. The van der Waals surface area contributed by atoms with E-state index >= 15 is 0 Å². The SMILES string of the molecule is C=C(C)[C@@H](O)[C@@H](C)C(=O)O[C@H](c1ccccc1)[C@H](C)N(Cc1ccccc1)S(=O)(=O)c1c(C)cc(C)cc1C. The molecule has 0 aliphatic rings. The van der Waals surface area contributed by atoms with Crippen LogP contribution in [-0.4, -0.2) is 35.9 Å². The summed E-state index contributed by atoms with van der Waals surface area (Å²) in [5.41, 5.74) is 4.20. The summed E-state index contributed by atoms with van der Waals surface area (Å²) >= 11 is 0. The van der Waals surface area contributed by atoms with Gasteiger partial charge in [0, 0.05) is 6.54 Å². The zero-order valence-corrected chi connectivity index (χ0v) is 24.4. The summed E-state index contributed by atoms with van der Waals surface area (Å²) in [5.74, 6) is -1.51. The van der Waals surface area contributed by atoms with Gasteiger partial charge in [-0.05, 0) is 63.8 Å². The van der Waals surface area contributed by atoms with Gasteiger partial charge >= 0.3 is 5.97 Å². The third-order valence-corrected chi connectivity index (χ3v) is 9.21. The zero-order valence-electron chi connectivity index (χ0n) is 23.6. The van der Waals surface area contributed by atoms with Crippen LogP contribution in [0.4, 0.5) is 0 Å². The lowest BCUT2D eigenvalue weighted by molar-refractivity contribution is -0.159. The van der Waals surface area contributed by atoms with E-state index in [1.54, 1.807) is 34.6 Å². The van der Waals surface area contributed by atoms with Gasteiger partial charge in [-0.15, -0.1) is 0 Å². The molecule has 39 heavy (non-hydrogen) atoms. The third kappa shape index (κ3) is 7.04. The molecule has 0 aromatic heterocycles. The summed E-state index contributed by atoms with van der Waals surface area (Å²) in [6.07, 6.45) is -2.01. The summed E-state index contributed by atoms with van der Waals surface area (Å²) in [5, 5.41) is 10.4. The highest BCUT2D eigenvalue weighted by Crippen LogP contribution is 2.34. The summed E-state index contributed by atoms with van der Waals surface area (Å²) < 4.78 is 36.3. The number of benzene rings is 3. The number of aryl methyl sites for hydroxylation is 3. The van der Waals surface area contributed by atoms with E-state index in [9.17, 15) is 18.3 Å². The molecule has 0 heterocycles. The molecule has 3 aromatic carbocycles. The van der Waals surface area contributed by atoms with Crippen LogP contribution in [0.5, 0.6) is 0 Å². The Labute approximate surface area is 233 Å². The highest BCUT2D eigenvalue weighted by molar-refractivity contribution is 7.89. The summed E-state index contributed by atoms with van der Waals surface area (Å²) in [4.78, 5) is 13.5. The van der Waals surface area contributed by atoms with Crippen molar-refractivity contribution in [2.45, 2.75) is 71.2 Å². The van der Waals surface area contributed by atoms with Crippen molar-refractivity contribution in [3.63, 3.8) is 0 Å². The first-order chi connectivity index (χ1) is 18.3. The molecule has 208 valence electrons. The first-order valence-electron chi connectivity index (χ1n) is 13.1. The predicted molar refractivity (Wildman–Crippen MR) is 155 cm³/mol. The van der Waals surface area contributed by atoms with Crippen molar-refractivity contribution in [3.8, 4) is 0 Å². The molecule has 0 bridgehead atoms. The number of ether oxygens (including phenoxy) is 1. The predicted octanol–water partition coefficient (Wildman–Crippen LogP) is 6.05. The summed E-state index contributed by atoms with van der Waals surface area (Å²) in [6, 6.07) is 21.4. The van der Waals surface area contributed by atoms with E-state index in [1.165, 1.54) is 4.31 Å². The van der Waals surface area contributed by atoms with Crippen molar-refractivity contribution >= 4 is 16.0 Å². The first-order valence-corrected chi connectivity index (χ1v) is 14.5. The molecule has 3 aromatic rings. The number of sulfonamides is 1. The molecule has 0 spiro atoms. The molecule has 0 fully saturated rings. The Bertz CT molecular complexity index is 1380. The van der Waals surface area contributed by atoms with Crippen molar-refractivity contribution in [1.82, 2.24) is 4.31 Å². The van der Waals surface area contributed by atoms with Crippen LogP contribution < -0.4 is 0 Å². The fraction of sp³-hybridized carbons (Fsp3) is 0.344. The number of aliphatic hydroxyl groups is 1. The van der Waals surface area contributed by atoms with Gasteiger partial charge in [0.05, 0.1) is 23.0 Å². The van der Waals surface area contributed by atoms with Gasteiger partial charge in [0.2, 0.25) is 10.0 Å². The van der Waals surface area contributed by atoms with E-state index < -0.39 is 40.2 Å². The minimum Gasteiger partial charge on any atom is -0.455 e. The minimum absolute atomic E-state index is 0.0852. The molecule has 0 saturated carbocycles. The highest BCUT2D eigenvalue weighted by atomic mass is 32.2. The molecule has 0 aliphatic carbocycles. The van der Waals surface area contributed by atoms with Crippen molar-refractivity contribution in [2.24, 2.45) is 5.92 Å². The van der Waals surface area contributed by atoms with Crippen LogP contribution in [0.2, 0.25) is 0 Å². The second-order valence-electron chi connectivity index (χ2n) is 10.4. The summed E-state index contributed by atoms with van der Waals surface area (Å²) in [7, 11) is -4.04. The van der Waals surface area contributed by atoms with Gasteiger partial charge in [-0.25, -0.2) is 8.42 Å². The van der Waals surface area contributed by atoms with Crippen molar-refractivity contribution < 1.29 is 23.1 Å². The van der Waals surface area contributed by atoms with Crippen LogP contribution in [-0.2, 0) is 26.1 Å². The topological polar surface area (TPSA) is 83.9 Å². The zero-order chi connectivity index (χ0) is 28.9. The Morgan fingerprint density at radius 1 is 0.949 bits per heavy atom. The van der Waals surface area contributed by atoms with E-state index in [0.717, 1.165) is 11.1 Å². The molecule has 7 heteroatoms. The van der Waals surface area contributed by atoms with Crippen LogP contribution in [0.25, 0.3) is 0 Å². The lowest BCUT2D eigenvalue weighted by Gasteiger charge is -2.35. The quantitative estimate of drug-likeness (QED) is 0.233. The van der Waals surface area contributed by atoms with Crippen LogP contribution in [0.3, 0.4) is 0 Å². The van der Waals surface area contributed by atoms with Gasteiger partial charge in [-0.2, -0.15) is 4.31 Å². The second kappa shape index (κ2) is 12.7. The Kier molecular flexibility index (Phi) is 9.88. The standard InChI is InChI=1S/C32H39NO5S/c1-21(2)29(34)25(6)32(35)38-30(28-16-12-9-13-17-28)26(7)33(20-27-14-10-8-11-15-27)39(36,37)31-23(4)18-22(3)19-24(31)5/h8-19,25-26,29-30,34H,1,20H2,2-7H3/t25-,26+,29-,30+/m1/s1.